The molecule has 3 aliphatic rings. The van der Waals surface area contributed by atoms with Crippen LogP contribution in [-0.4, -0.2) is 16.2 Å². The fourth-order valence-electron chi connectivity index (χ4n) is 8.71. The SMILES string of the molecule is [2H]C([2H])([2H])c1cccc2c1[N@@+]1(c3cccc(C(C)(C)C)c3)[CH-][N@+]2(c2cccc(Oc3ccc4c5cc(C(C)(C)C)ccc5n(-c5cc(C(C)(C)C)ccn5)c4c3)c2)C1. The van der Waals surface area contributed by atoms with Crippen LogP contribution in [0, 0.1) is 13.5 Å². The lowest BCUT2D eigenvalue weighted by atomic mass is 9.86. The highest BCUT2D eigenvalue weighted by atomic mass is 16.5. The van der Waals surface area contributed by atoms with Gasteiger partial charge in [0, 0.05) is 50.9 Å². The lowest BCUT2D eigenvalue weighted by Crippen LogP contribution is -2.67. The summed E-state index contributed by atoms with van der Waals surface area (Å²) in [5.41, 5.74) is 10.1. The van der Waals surface area contributed by atoms with Crippen molar-refractivity contribution in [2.75, 3.05) is 6.67 Å². The van der Waals surface area contributed by atoms with Crippen LogP contribution in [0.4, 0.5) is 22.7 Å². The zero-order valence-electron chi connectivity index (χ0n) is 36.5. The van der Waals surface area contributed by atoms with Crippen LogP contribution in [0.1, 0.15) is 88.7 Å². The number of ether oxygens (including phenoxy) is 1. The minimum atomic E-state index is -2.27. The smallest absolute Gasteiger partial charge is 0.186 e. The summed E-state index contributed by atoms with van der Waals surface area (Å²) in [7, 11) is 0. The van der Waals surface area contributed by atoms with Crippen LogP contribution in [0.25, 0.3) is 27.6 Å². The molecule has 5 aromatic carbocycles. The van der Waals surface area contributed by atoms with Crippen molar-refractivity contribution in [1.29, 1.82) is 0 Å². The molecule has 2 bridgehead atoms. The van der Waals surface area contributed by atoms with Crippen molar-refractivity contribution in [3.8, 4) is 17.3 Å². The van der Waals surface area contributed by atoms with E-state index < -0.39 is 6.85 Å². The highest BCUT2D eigenvalue weighted by Gasteiger charge is 2.63. The molecule has 1 saturated heterocycles. The molecule has 0 spiro atoms. The van der Waals surface area contributed by atoms with Crippen molar-refractivity contribution in [2.45, 2.75) is 85.4 Å². The van der Waals surface area contributed by atoms with E-state index >= 15 is 0 Å². The number of benzene rings is 5. The summed E-state index contributed by atoms with van der Waals surface area (Å²) in [5.74, 6) is 2.31. The molecule has 0 aliphatic carbocycles. The molecule has 5 nitrogen and oxygen atoms in total. The lowest BCUT2D eigenvalue weighted by molar-refractivity contribution is 0.186. The van der Waals surface area contributed by atoms with Gasteiger partial charge in [0.25, 0.3) is 0 Å². The molecule has 55 heavy (non-hydrogen) atoms. The van der Waals surface area contributed by atoms with Crippen LogP contribution >= 0.6 is 0 Å². The monoisotopic (exact) mass is 728 g/mol. The van der Waals surface area contributed by atoms with E-state index in [9.17, 15) is 0 Å². The molecular weight excluding hydrogens is 673 g/mol. The quantitative estimate of drug-likeness (QED) is 0.130. The van der Waals surface area contributed by atoms with Gasteiger partial charge in [-0.2, -0.15) is 0 Å². The fraction of sp³-hybridized carbons (Fsp3) is 0.280. The maximum atomic E-state index is 8.58. The van der Waals surface area contributed by atoms with Crippen molar-refractivity contribution in [3.05, 3.63) is 150 Å². The molecule has 2 aromatic heterocycles. The number of para-hydroxylation sites is 1. The van der Waals surface area contributed by atoms with E-state index in [2.05, 4.69) is 165 Å². The summed E-state index contributed by atoms with van der Waals surface area (Å²) >= 11 is 0. The molecule has 10 rings (SSSR count). The summed E-state index contributed by atoms with van der Waals surface area (Å²) in [5, 5.41) is 2.32. The zero-order valence-corrected chi connectivity index (χ0v) is 33.5. The number of nitrogens with zero attached hydrogens (tertiary/aromatic N) is 4. The van der Waals surface area contributed by atoms with E-state index in [-0.39, 0.29) is 16.2 Å². The van der Waals surface area contributed by atoms with Gasteiger partial charge >= 0.3 is 0 Å². The summed E-state index contributed by atoms with van der Waals surface area (Å²) in [6.45, 7) is 20.7. The average Bonchev–Trinajstić information content (AvgIpc) is 3.74. The predicted molar refractivity (Wildman–Crippen MR) is 231 cm³/mol. The number of quaternary nitrogens is 2. The minimum Gasteiger partial charge on any atom is -0.457 e. The Morgan fingerprint density at radius 1 is 0.618 bits per heavy atom. The molecule has 5 heteroatoms. The van der Waals surface area contributed by atoms with Crippen molar-refractivity contribution in [3.63, 3.8) is 0 Å². The van der Waals surface area contributed by atoms with E-state index in [0.29, 0.717) is 26.9 Å². The molecule has 0 radical (unpaired) electrons. The standard InChI is InChI=1S/C50H53N4O/c1-33-14-11-19-45-47(33)54(37-16-12-15-34(26-37)48(2,3)4)31-53(45,32-54)38-17-13-18-39(29-38)55-40-21-22-41-42-27-35(49(5,6)7)20-23-43(42)52(44(41)30-40)46-28-36(24-25-51-46)50(8,9)10/h11-31H,32H2,1-10H3/q+1/t53-,54+/m1/s1/i1D3. The van der Waals surface area contributed by atoms with Gasteiger partial charge in [0.2, 0.25) is 0 Å². The number of aryl methyl sites for hydroxylation is 1. The average molecular weight is 729 g/mol. The first-order chi connectivity index (χ1) is 27.2. The molecule has 0 amide bonds. The maximum absolute atomic E-state index is 8.58. The van der Waals surface area contributed by atoms with E-state index in [1.165, 1.54) is 22.1 Å². The van der Waals surface area contributed by atoms with Gasteiger partial charge in [-0.05, 0) is 94.4 Å². The van der Waals surface area contributed by atoms with Gasteiger partial charge in [-0.1, -0.05) is 98.7 Å². The topological polar surface area (TPSA) is 27.1 Å². The second-order valence-electron chi connectivity index (χ2n) is 18.7. The predicted octanol–water partition coefficient (Wildman–Crippen LogP) is 13.6. The molecule has 278 valence electrons. The van der Waals surface area contributed by atoms with E-state index in [4.69, 9.17) is 13.8 Å². The van der Waals surface area contributed by atoms with E-state index in [1.807, 2.05) is 24.4 Å². The summed E-state index contributed by atoms with van der Waals surface area (Å²) < 4.78 is 35.6. The normalized spacial score (nSPS) is 20.5. The number of hydrogen-bond acceptors (Lipinski definition) is 2. The molecule has 1 fully saturated rings. The van der Waals surface area contributed by atoms with Crippen molar-refractivity contribution >= 4 is 44.6 Å². The lowest BCUT2D eigenvalue weighted by Gasteiger charge is -2.56. The van der Waals surface area contributed by atoms with Crippen molar-refractivity contribution in [2.24, 2.45) is 0 Å². The Kier molecular flexibility index (Phi) is 6.93. The number of pyridine rings is 1. The van der Waals surface area contributed by atoms with Crippen LogP contribution in [0.15, 0.2) is 121 Å². The first-order valence-electron chi connectivity index (χ1n) is 20.9. The Balaban J connectivity index is 1.14. The molecule has 0 saturated carbocycles. The Morgan fingerprint density at radius 3 is 2.00 bits per heavy atom. The van der Waals surface area contributed by atoms with Crippen LogP contribution in [-0.2, 0) is 16.2 Å². The van der Waals surface area contributed by atoms with Crippen molar-refractivity contribution in [1.82, 2.24) is 18.5 Å². The van der Waals surface area contributed by atoms with Gasteiger partial charge in [-0.25, -0.2) is 4.98 Å². The van der Waals surface area contributed by atoms with Gasteiger partial charge in [0.1, 0.15) is 28.7 Å². The van der Waals surface area contributed by atoms with Crippen LogP contribution < -0.4 is 13.7 Å². The first kappa shape index (κ1) is 32.1. The van der Waals surface area contributed by atoms with Crippen LogP contribution in [0.5, 0.6) is 11.5 Å². The molecule has 2 atom stereocenters. The largest absolute Gasteiger partial charge is 0.457 e. The summed E-state index contributed by atoms with van der Waals surface area (Å²) in [6, 6.07) is 40.1. The number of fused-ring (bicyclic) bond motifs is 3. The third-order valence-corrected chi connectivity index (χ3v) is 11.8. The number of hydrogen-bond donors (Lipinski definition) is 0. The van der Waals surface area contributed by atoms with Crippen LogP contribution in [0.3, 0.4) is 0 Å². The van der Waals surface area contributed by atoms with E-state index in [1.54, 1.807) is 6.07 Å². The minimum absolute atomic E-state index is 0.000109. The zero-order chi connectivity index (χ0) is 41.2. The third-order valence-electron chi connectivity index (χ3n) is 11.8. The Morgan fingerprint density at radius 2 is 1.27 bits per heavy atom. The summed E-state index contributed by atoms with van der Waals surface area (Å²) in [4.78, 5) is 4.91. The van der Waals surface area contributed by atoms with Crippen LogP contribution in [0.2, 0.25) is 0 Å². The van der Waals surface area contributed by atoms with Gasteiger partial charge in [0.15, 0.2) is 18.0 Å². The third kappa shape index (κ3) is 5.54. The fourth-order valence-corrected chi connectivity index (χ4v) is 8.71. The van der Waals surface area contributed by atoms with Gasteiger partial charge < -0.3 is 4.74 Å². The molecule has 0 N–H and O–H groups in total. The number of aromatic nitrogens is 2. The Bertz CT molecular complexity index is 2770. The molecule has 3 aliphatic heterocycles. The molecule has 5 heterocycles. The second kappa shape index (κ2) is 11.9. The first-order valence-corrected chi connectivity index (χ1v) is 19.4. The Labute approximate surface area is 330 Å². The molecular formula is C50H53N4O+. The van der Waals surface area contributed by atoms with Crippen molar-refractivity contribution < 1.29 is 8.85 Å². The second-order valence-corrected chi connectivity index (χ2v) is 18.7. The van der Waals surface area contributed by atoms with Gasteiger partial charge in [-0.3, -0.25) is 13.5 Å². The molecule has 0 unspecified atom stereocenters. The highest BCUT2D eigenvalue weighted by molar-refractivity contribution is 6.09. The number of rotatable bonds is 5. The maximum Gasteiger partial charge on any atom is 0.186 e. The van der Waals surface area contributed by atoms with E-state index in [0.717, 1.165) is 50.7 Å². The summed E-state index contributed by atoms with van der Waals surface area (Å²) in [6.07, 6.45) is 1.91. The molecule has 7 aromatic rings. The van der Waals surface area contributed by atoms with Gasteiger partial charge in [0.05, 0.1) is 17.7 Å². The van der Waals surface area contributed by atoms with Gasteiger partial charge in [-0.15, -0.1) is 0 Å². The Hall–Kier alpha value is -5.23. The highest BCUT2D eigenvalue weighted by Crippen LogP contribution is 2.66.